The van der Waals surface area contributed by atoms with Crippen LogP contribution in [0.4, 0.5) is 0 Å². The highest BCUT2D eigenvalue weighted by Crippen LogP contribution is 2.23. The van der Waals surface area contributed by atoms with Crippen LogP contribution in [0.15, 0.2) is 0 Å². The monoisotopic (exact) mass is 297 g/mol. The quantitative estimate of drug-likeness (QED) is 0.849. The minimum atomic E-state index is 0.500. The molecular weight excluding hydrogens is 274 g/mol. The van der Waals surface area contributed by atoms with E-state index >= 15 is 0 Å². The van der Waals surface area contributed by atoms with E-state index in [1.165, 1.54) is 30.9 Å². The summed E-state index contributed by atoms with van der Waals surface area (Å²) in [5.74, 6) is 0.871. The van der Waals surface area contributed by atoms with Crippen molar-refractivity contribution in [1.29, 1.82) is 0 Å². The third kappa shape index (κ3) is 3.97. The second-order valence-corrected chi connectivity index (χ2v) is 6.98. The normalized spacial score (nSPS) is 17.8. The molecule has 2 rings (SSSR count). The van der Waals surface area contributed by atoms with Gasteiger partial charge >= 0.3 is 0 Å². The van der Waals surface area contributed by atoms with Crippen LogP contribution in [0.25, 0.3) is 0 Å². The van der Waals surface area contributed by atoms with Gasteiger partial charge in [0.1, 0.15) is 10.00 Å². The first-order valence-electron chi connectivity index (χ1n) is 7.11. The molecule has 1 aromatic heterocycles. The molecule has 0 aliphatic carbocycles. The zero-order valence-corrected chi connectivity index (χ0v) is 13.4. The van der Waals surface area contributed by atoms with Crippen molar-refractivity contribution in [3.05, 3.63) is 15.6 Å². The minimum absolute atomic E-state index is 0.500. The number of nitrogens with zero attached hydrogens (tertiary/aromatic N) is 2. The third-order valence-corrected chi connectivity index (χ3v) is 5.14. The molecule has 0 radical (unpaired) electrons. The van der Waals surface area contributed by atoms with Gasteiger partial charge in [0, 0.05) is 0 Å². The summed E-state index contributed by atoms with van der Waals surface area (Å²) in [6.45, 7) is 7.83. The van der Waals surface area contributed by atoms with Crippen molar-refractivity contribution in [1.82, 2.24) is 9.88 Å². The van der Waals surface area contributed by atoms with Crippen LogP contribution in [0.5, 0.6) is 0 Å². The Balaban J connectivity index is 2.04. The lowest BCUT2D eigenvalue weighted by molar-refractivity contribution is 0.185. The molecule has 0 bridgehead atoms. The highest BCUT2D eigenvalue weighted by molar-refractivity contribution is 7.81. The van der Waals surface area contributed by atoms with Crippen LogP contribution in [0.3, 0.4) is 0 Å². The zero-order valence-electron chi connectivity index (χ0n) is 11.8. The summed E-state index contributed by atoms with van der Waals surface area (Å²) in [7, 11) is 0. The Labute approximate surface area is 125 Å². The smallest absolute Gasteiger partial charge is 0.116 e. The lowest BCUT2D eigenvalue weighted by Crippen LogP contribution is -2.32. The number of hydrogen-bond acceptors (Lipinski definition) is 4. The summed E-state index contributed by atoms with van der Waals surface area (Å²) >= 11 is 6.81. The van der Waals surface area contributed by atoms with E-state index in [0.717, 1.165) is 35.9 Å². The summed E-state index contributed by atoms with van der Waals surface area (Å²) < 4.78 is 0. The summed E-state index contributed by atoms with van der Waals surface area (Å²) in [5.41, 5.74) is 6.90. The summed E-state index contributed by atoms with van der Waals surface area (Å²) in [5, 5.41) is 1.17. The molecule has 0 saturated carbocycles. The van der Waals surface area contributed by atoms with Gasteiger partial charge < -0.3 is 5.73 Å². The van der Waals surface area contributed by atoms with Gasteiger partial charge in [-0.3, -0.25) is 4.90 Å². The first-order chi connectivity index (χ1) is 9.10. The topological polar surface area (TPSA) is 42.2 Å². The van der Waals surface area contributed by atoms with Crippen molar-refractivity contribution >= 4 is 28.5 Å². The molecule has 0 atom stereocenters. The Morgan fingerprint density at radius 3 is 2.74 bits per heavy atom. The van der Waals surface area contributed by atoms with E-state index in [1.54, 1.807) is 11.3 Å². The van der Waals surface area contributed by atoms with Gasteiger partial charge in [-0.15, -0.1) is 11.3 Å². The van der Waals surface area contributed by atoms with Crippen LogP contribution in [-0.2, 0) is 13.0 Å². The van der Waals surface area contributed by atoms with Gasteiger partial charge in [-0.05, 0) is 38.3 Å². The van der Waals surface area contributed by atoms with Gasteiger partial charge in [-0.1, -0.05) is 32.5 Å². The molecular formula is C14H23N3S2. The number of aromatic nitrogens is 1. The third-order valence-electron chi connectivity index (χ3n) is 3.69. The van der Waals surface area contributed by atoms with E-state index < -0.39 is 0 Å². The van der Waals surface area contributed by atoms with E-state index in [0.29, 0.717) is 4.99 Å². The second-order valence-electron chi connectivity index (χ2n) is 5.46. The maximum Gasteiger partial charge on any atom is 0.116 e. The molecule has 1 saturated heterocycles. The van der Waals surface area contributed by atoms with Crippen molar-refractivity contribution in [2.75, 3.05) is 13.1 Å². The summed E-state index contributed by atoms with van der Waals surface area (Å²) in [6.07, 6.45) is 4.66. The van der Waals surface area contributed by atoms with Crippen molar-refractivity contribution in [3.8, 4) is 0 Å². The van der Waals surface area contributed by atoms with E-state index in [4.69, 9.17) is 22.9 Å². The van der Waals surface area contributed by atoms with Crippen LogP contribution in [0.1, 0.15) is 48.7 Å². The van der Waals surface area contributed by atoms with Gasteiger partial charge in [-0.2, -0.15) is 0 Å². The molecule has 5 heteroatoms. The molecule has 0 aromatic carbocycles. The van der Waals surface area contributed by atoms with Crippen molar-refractivity contribution in [2.45, 2.75) is 46.1 Å². The molecule has 2 heterocycles. The fraction of sp³-hybridized carbons (Fsp3) is 0.714. The number of thiazole rings is 1. The molecule has 1 aliphatic rings. The van der Waals surface area contributed by atoms with Crippen molar-refractivity contribution in [3.63, 3.8) is 0 Å². The van der Waals surface area contributed by atoms with Crippen LogP contribution in [-0.4, -0.2) is 28.0 Å². The lowest BCUT2D eigenvalue weighted by Gasteiger charge is -2.29. The number of piperidine rings is 1. The van der Waals surface area contributed by atoms with E-state index in [9.17, 15) is 0 Å². The number of rotatable bonds is 5. The standard InChI is InChI=1S/C14H23N3S2/c1-3-4-11-13(14(15)18)19-12(16-11)9-17-7-5-10(2)6-8-17/h10H,3-9H2,1-2H3,(H2,15,18). The lowest BCUT2D eigenvalue weighted by atomic mass is 9.99. The van der Waals surface area contributed by atoms with Crippen molar-refractivity contribution in [2.24, 2.45) is 11.7 Å². The Hall–Kier alpha value is -0.520. The maximum atomic E-state index is 5.80. The van der Waals surface area contributed by atoms with Crippen LogP contribution < -0.4 is 5.73 Å². The number of aryl methyl sites for hydroxylation is 1. The van der Waals surface area contributed by atoms with Gasteiger partial charge in [0.15, 0.2) is 0 Å². The first kappa shape index (κ1) is 14.9. The Bertz CT molecular complexity index is 434. The molecule has 0 unspecified atom stereocenters. The zero-order chi connectivity index (χ0) is 13.8. The molecule has 19 heavy (non-hydrogen) atoms. The van der Waals surface area contributed by atoms with Gasteiger partial charge in [0.25, 0.3) is 0 Å². The van der Waals surface area contributed by atoms with Crippen LogP contribution >= 0.6 is 23.6 Å². The molecule has 1 aliphatic heterocycles. The molecule has 3 nitrogen and oxygen atoms in total. The molecule has 106 valence electrons. The van der Waals surface area contributed by atoms with Gasteiger partial charge in [-0.25, -0.2) is 4.98 Å². The SMILES string of the molecule is CCCc1nc(CN2CCC(C)CC2)sc1C(N)=S. The highest BCUT2D eigenvalue weighted by atomic mass is 32.1. The second kappa shape index (κ2) is 6.77. The van der Waals surface area contributed by atoms with Gasteiger partial charge in [0.2, 0.25) is 0 Å². The summed E-state index contributed by atoms with van der Waals surface area (Å²) in [4.78, 5) is 8.77. The molecule has 1 aromatic rings. The predicted molar refractivity (Wildman–Crippen MR) is 85.7 cm³/mol. The number of hydrogen-bond donors (Lipinski definition) is 1. The molecule has 0 spiro atoms. The maximum absolute atomic E-state index is 5.80. The molecule has 2 N–H and O–H groups in total. The number of thiocarbonyl (C=S) groups is 1. The Kier molecular flexibility index (Phi) is 5.30. The summed E-state index contributed by atoms with van der Waals surface area (Å²) in [6, 6.07) is 0. The highest BCUT2D eigenvalue weighted by Gasteiger charge is 2.19. The van der Waals surface area contributed by atoms with Crippen LogP contribution in [0.2, 0.25) is 0 Å². The fourth-order valence-electron chi connectivity index (χ4n) is 2.48. The van der Waals surface area contributed by atoms with E-state index in [-0.39, 0.29) is 0 Å². The number of likely N-dealkylation sites (tertiary alicyclic amines) is 1. The largest absolute Gasteiger partial charge is 0.389 e. The fourth-order valence-corrected chi connectivity index (χ4v) is 3.73. The van der Waals surface area contributed by atoms with E-state index in [2.05, 4.69) is 18.7 Å². The average Bonchev–Trinajstić information content (AvgIpc) is 2.76. The van der Waals surface area contributed by atoms with E-state index in [1.807, 2.05) is 0 Å². The average molecular weight is 297 g/mol. The minimum Gasteiger partial charge on any atom is -0.389 e. The first-order valence-corrected chi connectivity index (χ1v) is 8.33. The molecule has 0 amide bonds. The Morgan fingerprint density at radius 2 is 2.16 bits per heavy atom. The van der Waals surface area contributed by atoms with Crippen LogP contribution in [0, 0.1) is 5.92 Å². The predicted octanol–water partition coefficient (Wildman–Crippen LogP) is 2.96. The number of nitrogens with two attached hydrogens (primary N) is 1. The van der Waals surface area contributed by atoms with Crippen molar-refractivity contribution < 1.29 is 0 Å². The Morgan fingerprint density at radius 1 is 1.47 bits per heavy atom. The molecule has 1 fully saturated rings. The van der Waals surface area contributed by atoms with Gasteiger partial charge in [0.05, 0.1) is 17.1 Å².